The molecule has 0 saturated heterocycles. The molecule has 3 rings (SSSR count). The number of fused-ring (bicyclic) bond motifs is 1. The number of likely N-dealkylation sites (N-methyl/N-ethyl adjacent to an activating group) is 1. The molecule has 0 radical (unpaired) electrons. The van der Waals surface area contributed by atoms with Gasteiger partial charge in [-0.05, 0) is 29.9 Å². The van der Waals surface area contributed by atoms with E-state index in [1.165, 1.54) is 10.4 Å². The van der Waals surface area contributed by atoms with Gasteiger partial charge in [0.25, 0.3) is 5.91 Å². The molecule has 0 spiro atoms. The van der Waals surface area contributed by atoms with Crippen molar-refractivity contribution in [2.24, 2.45) is 0 Å². The van der Waals surface area contributed by atoms with Gasteiger partial charge in [0, 0.05) is 36.6 Å². The van der Waals surface area contributed by atoms with Crippen molar-refractivity contribution >= 4 is 29.0 Å². The number of aromatic nitrogens is 1. The number of amides is 1. The Morgan fingerprint density at radius 1 is 1.43 bits per heavy atom. The van der Waals surface area contributed by atoms with Crippen LogP contribution in [0.25, 0.3) is 5.00 Å². The molecule has 21 heavy (non-hydrogen) atoms. The molecule has 0 aromatic carbocycles. The van der Waals surface area contributed by atoms with Crippen molar-refractivity contribution in [1.29, 1.82) is 0 Å². The minimum atomic E-state index is -0.0106. The molecule has 2 aromatic rings. The van der Waals surface area contributed by atoms with Gasteiger partial charge < -0.3 is 14.6 Å². The Kier molecular flexibility index (Phi) is 4.37. The van der Waals surface area contributed by atoms with E-state index in [0.717, 1.165) is 28.5 Å². The third-order valence-electron chi connectivity index (χ3n) is 3.64. The second kappa shape index (κ2) is 6.25. The Labute approximate surface area is 132 Å². The molecular weight excluding hydrogens is 304 g/mol. The van der Waals surface area contributed by atoms with Crippen LogP contribution in [0, 0.1) is 0 Å². The smallest absolute Gasteiger partial charge is 0.256 e. The first kappa shape index (κ1) is 14.7. The predicted molar refractivity (Wildman–Crippen MR) is 87.6 cm³/mol. The van der Waals surface area contributed by atoms with E-state index in [4.69, 9.17) is 5.11 Å². The Morgan fingerprint density at radius 2 is 2.19 bits per heavy atom. The summed E-state index contributed by atoms with van der Waals surface area (Å²) in [5.41, 5.74) is 2.03. The Balaban J connectivity index is 2.08. The van der Waals surface area contributed by atoms with Gasteiger partial charge in [0.05, 0.1) is 12.2 Å². The number of thiophene rings is 1. The fourth-order valence-electron chi connectivity index (χ4n) is 2.53. The summed E-state index contributed by atoms with van der Waals surface area (Å²) in [6.45, 7) is 0.354. The van der Waals surface area contributed by atoms with Gasteiger partial charge in [-0.2, -0.15) is 11.8 Å². The number of hydrogen-bond donors (Lipinski definition) is 1. The van der Waals surface area contributed by atoms with Crippen molar-refractivity contribution in [3.63, 3.8) is 0 Å². The molecule has 2 aromatic heterocycles. The first-order valence-corrected chi connectivity index (χ1v) is 8.91. The Morgan fingerprint density at radius 3 is 2.90 bits per heavy atom. The van der Waals surface area contributed by atoms with E-state index in [1.807, 2.05) is 40.9 Å². The molecule has 6 heteroatoms. The summed E-state index contributed by atoms with van der Waals surface area (Å²) in [7, 11) is 1.75. The minimum Gasteiger partial charge on any atom is -0.395 e. The van der Waals surface area contributed by atoms with Crippen molar-refractivity contribution in [1.82, 2.24) is 9.47 Å². The van der Waals surface area contributed by atoms with Crippen LogP contribution >= 0.6 is 23.1 Å². The van der Waals surface area contributed by atoms with Crippen LogP contribution in [-0.2, 0) is 12.2 Å². The molecule has 0 atom stereocenters. The third-order valence-corrected chi connectivity index (χ3v) is 6.05. The first-order chi connectivity index (χ1) is 10.2. The van der Waals surface area contributed by atoms with Crippen molar-refractivity contribution in [3.05, 3.63) is 40.5 Å². The average molecular weight is 322 g/mol. The number of carbonyl (C=O) groups is 1. The molecule has 1 amide bonds. The highest BCUT2D eigenvalue weighted by atomic mass is 32.2. The lowest BCUT2D eigenvalue weighted by Crippen LogP contribution is -2.30. The molecule has 4 nitrogen and oxygen atoms in total. The fourth-order valence-corrected chi connectivity index (χ4v) is 4.97. The lowest BCUT2D eigenvalue weighted by molar-refractivity contribution is 0.0766. The van der Waals surface area contributed by atoms with Gasteiger partial charge in [-0.15, -0.1) is 11.3 Å². The molecule has 0 bridgehead atoms. The van der Waals surface area contributed by atoms with Crippen molar-refractivity contribution in [2.45, 2.75) is 12.2 Å². The van der Waals surface area contributed by atoms with Crippen LogP contribution in [0.1, 0.15) is 20.8 Å². The van der Waals surface area contributed by atoms with Gasteiger partial charge in [0.1, 0.15) is 5.00 Å². The lowest BCUT2D eigenvalue weighted by atomic mass is 10.1. The zero-order valence-corrected chi connectivity index (χ0v) is 13.5. The van der Waals surface area contributed by atoms with Crippen LogP contribution in [0.15, 0.2) is 24.5 Å². The second-order valence-electron chi connectivity index (χ2n) is 5.03. The zero-order valence-electron chi connectivity index (χ0n) is 11.9. The number of nitrogens with zero attached hydrogens (tertiary/aromatic N) is 2. The molecule has 0 aliphatic carbocycles. The first-order valence-electron chi connectivity index (χ1n) is 6.94. The standard InChI is InChI=1S/C15H18N2O2S2/c1-16(7-8-18)14(19)13-11-4-9-20-10-12(11)21-15(13)17-5-2-3-6-17/h2-3,5-6,18H,4,7-10H2,1H3. The zero-order chi connectivity index (χ0) is 14.8. The number of thioether (sulfide) groups is 1. The largest absolute Gasteiger partial charge is 0.395 e. The lowest BCUT2D eigenvalue weighted by Gasteiger charge is -2.19. The second-order valence-corrected chi connectivity index (χ2v) is 7.22. The van der Waals surface area contributed by atoms with Crippen molar-refractivity contribution in [3.8, 4) is 5.00 Å². The molecular formula is C15H18N2O2S2. The highest BCUT2D eigenvalue weighted by Crippen LogP contribution is 2.38. The summed E-state index contributed by atoms with van der Waals surface area (Å²) in [6.07, 6.45) is 4.91. The van der Waals surface area contributed by atoms with Crippen LogP contribution in [0.3, 0.4) is 0 Å². The predicted octanol–water partition coefficient (Wildman–Crippen LogP) is 2.39. The van der Waals surface area contributed by atoms with Gasteiger partial charge in [0.15, 0.2) is 0 Å². The number of aliphatic hydroxyl groups is 1. The van der Waals surface area contributed by atoms with Gasteiger partial charge in [-0.25, -0.2) is 0 Å². The van der Waals surface area contributed by atoms with E-state index < -0.39 is 0 Å². The average Bonchev–Trinajstić information content (AvgIpc) is 3.13. The monoisotopic (exact) mass is 322 g/mol. The molecule has 1 N–H and O–H groups in total. The van der Waals surface area contributed by atoms with Gasteiger partial charge in [0.2, 0.25) is 0 Å². The molecule has 112 valence electrons. The maximum absolute atomic E-state index is 12.8. The van der Waals surface area contributed by atoms with Crippen LogP contribution in [-0.4, -0.2) is 46.4 Å². The van der Waals surface area contributed by atoms with E-state index in [9.17, 15) is 4.79 Å². The fraction of sp³-hybridized carbons (Fsp3) is 0.400. The number of hydrogen-bond acceptors (Lipinski definition) is 4. The summed E-state index contributed by atoms with van der Waals surface area (Å²) >= 11 is 3.64. The van der Waals surface area contributed by atoms with E-state index >= 15 is 0 Å². The molecule has 1 aliphatic rings. The van der Waals surface area contributed by atoms with E-state index in [1.54, 1.807) is 23.3 Å². The molecule has 0 unspecified atom stereocenters. The van der Waals surface area contributed by atoms with Crippen molar-refractivity contribution in [2.75, 3.05) is 26.0 Å². The SMILES string of the molecule is CN(CCO)C(=O)c1c(-n2cccc2)sc2c1CCSC2. The molecule has 0 fully saturated rings. The summed E-state index contributed by atoms with van der Waals surface area (Å²) < 4.78 is 2.02. The Hall–Kier alpha value is -1.24. The van der Waals surface area contributed by atoms with E-state index in [0.29, 0.717) is 6.54 Å². The summed E-state index contributed by atoms with van der Waals surface area (Å²) in [5, 5.41) is 10.1. The summed E-state index contributed by atoms with van der Waals surface area (Å²) in [5.74, 6) is 2.07. The molecule has 3 heterocycles. The maximum Gasteiger partial charge on any atom is 0.256 e. The van der Waals surface area contributed by atoms with E-state index in [-0.39, 0.29) is 12.5 Å². The quantitative estimate of drug-likeness (QED) is 0.940. The van der Waals surface area contributed by atoms with Crippen LogP contribution in [0.2, 0.25) is 0 Å². The highest BCUT2D eigenvalue weighted by molar-refractivity contribution is 7.98. The topological polar surface area (TPSA) is 45.5 Å². The van der Waals surface area contributed by atoms with Crippen LogP contribution in [0.4, 0.5) is 0 Å². The number of rotatable bonds is 4. The van der Waals surface area contributed by atoms with Gasteiger partial charge >= 0.3 is 0 Å². The van der Waals surface area contributed by atoms with Crippen molar-refractivity contribution < 1.29 is 9.90 Å². The van der Waals surface area contributed by atoms with E-state index in [2.05, 4.69) is 0 Å². The molecule has 1 aliphatic heterocycles. The number of aliphatic hydroxyl groups excluding tert-OH is 1. The summed E-state index contributed by atoms with van der Waals surface area (Å²) in [4.78, 5) is 15.7. The summed E-state index contributed by atoms with van der Waals surface area (Å²) in [6, 6.07) is 3.94. The maximum atomic E-state index is 12.8. The normalized spacial score (nSPS) is 14.0. The third kappa shape index (κ3) is 2.75. The van der Waals surface area contributed by atoms with Gasteiger partial charge in [-0.3, -0.25) is 4.79 Å². The van der Waals surface area contributed by atoms with Crippen LogP contribution in [0.5, 0.6) is 0 Å². The Bertz CT molecular complexity index is 634. The highest BCUT2D eigenvalue weighted by Gasteiger charge is 2.27. The minimum absolute atomic E-state index is 0.0106. The number of carbonyl (C=O) groups excluding carboxylic acids is 1. The van der Waals surface area contributed by atoms with Crippen LogP contribution < -0.4 is 0 Å². The van der Waals surface area contributed by atoms with Gasteiger partial charge in [-0.1, -0.05) is 0 Å². The molecule has 0 saturated carbocycles.